The summed E-state index contributed by atoms with van der Waals surface area (Å²) in [6.07, 6.45) is 1.30. The van der Waals surface area contributed by atoms with Gasteiger partial charge in [-0.15, -0.1) is 0 Å². The molecule has 1 aliphatic rings. The van der Waals surface area contributed by atoms with Gasteiger partial charge in [-0.3, -0.25) is 4.79 Å². The van der Waals surface area contributed by atoms with Crippen LogP contribution < -0.4 is 0 Å². The second-order valence-corrected chi connectivity index (χ2v) is 4.17. The summed E-state index contributed by atoms with van der Waals surface area (Å²) in [5, 5.41) is -0.205. The van der Waals surface area contributed by atoms with E-state index in [1.807, 2.05) is 0 Å². The molecule has 0 unspecified atom stereocenters. The first kappa shape index (κ1) is 10.4. The van der Waals surface area contributed by atoms with E-state index < -0.39 is 5.82 Å². The third kappa shape index (κ3) is 1.95. The fraction of sp³-hybridized carbons (Fsp3) is 0.400. The third-order valence-electron chi connectivity index (χ3n) is 2.39. The van der Waals surface area contributed by atoms with Crippen molar-refractivity contribution in [1.29, 1.82) is 0 Å². The number of rotatable bonds is 1. The first-order valence-corrected chi connectivity index (χ1v) is 5.06. The standard InChI is InChI=1S/C10H10ClFN2O/c1-6-4-14(5-6)10(15)7-2-8(12)9(11)13-3-7/h2-3,6H,4-5H2,1H3. The Morgan fingerprint density at radius 1 is 1.67 bits per heavy atom. The molecule has 0 radical (unpaired) electrons. The predicted molar refractivity (Wildman–Crippen MR) is 54.3 cm³/mol. The van der Waals surface area contributed by atoms with Crippen molar-refractivity contribution in [2.75, 3.05) is 13.1 Å². The smallest absolute Gasteiger partial charge is 0.255 e. The van der Waals surface area contributed by atoms with Crippen molar-refractivity contribution in [2.45, 2.75) is 6.92 Å². The second-order valence-electron chi connectivity index (χ2n) is 3.81. The van der Waals surface area contributed by atoms with Crippen LogP contribution in [0.1, 0.15) is 17.3 Å². The Balaban J connectivity index is 2.16. The molecule has 0 aliphatic carbocycles. The van der Waals surface area contributed by atoms with Crippen LogP contribution in [0.25, 0.3) is 0 Å². The lowest BCUT2D eigenvalue weighted by Crippen LogP contribution is -2.48. The highest BCUT2D eigenvalue weighted by molar-refractivity contribution is 6.29. The van der Waals surface area contributed by atoms with Crippen molar-refractivity contribution in [2.24, 2.45) is 5.92 Å². The molecule has 1 amide bonds. The molecule has 3 nitrogen and oxygen atoms in total. The lowest BCUT2D eigenvalue weighted by molar-refractivity contribution is 0.0529. The lowest BCUT2D eigenvalue weighted by atomic mass is 10.0. The topological polar surface area (TPSA) is 33.2 Å². The van der Waals surface area contributed by atoms with E-state index in [1.54, 1.807) is 4.90 Å². The Morgan fingerprint density at radius 2 is 2.33 bits per heavy atom. The highest BCUT2D eigenvalue weighted by atomic mass is 35.5. The Bertz CT molecular complexity index is 404. The van der Waals surface area contributed by atoms with Crippen LogP contribution in [0.4, 0.5) is 4.39 Å². The maximum absolute atomic E-state index is 13.0. The zero-order valence-electron chi connectivity index (χ0n) is 8.20. The molecule has 2 heterocycles. The van der Waals surface area contributed by atoms with E-state index in [-0.39, 0.29) is 16.6 Å². The summed E-state index contributed by atoms with van der Waals surface area (Å²) in [4.78, 5) is 17.0. The van der Waals surface area contributed by atoms with Crippen LogP contribution in [-0.2, 0) is 0 Å². The molecular formula is C10H10ClFN2O. The number of pyridine rings is 1. The molecule has 0 atom stereocenters. The number of carbonyl (C=O) groups excluding carboxylic acids is 1. The Kier molecular flexibility index (Phi) is 2.61. The molecule has 0 saturated carbocycles. The zero-order chi connectivity index (χ0) is 11.0. The van der Waals surface area contributed by atoms with Gasteiger partial charge in [0.1, 0.15) is 0 Å². The van der Waals surface area contributed by atoms with E-state index >= 15 is 0 Å². The van der Waals surface area contributed by atoms with Gasteiger partial charge in [0.25, 0.3) is 5.91 Å². The molecule has 1 saturated heterocycles. The number of carbonyl (C=O) groups is 1. The predicted octanol–water partition coefficient (Wildman–Crippen LogP) is 1.97. The van der Waals surface area contributed by atoms with E-state index in [4.69, 9.17) is 11.6 Å². The first-order valence-electron chi connectivity index (χ1n) is 4.68. The molecule has 1 fully saturated rings. The molecule has 0 bridgehead atoms. The largest absolute Gasteiger partial charge is 0.338 e. The normalized spacial score (nSPS) is 16.3. The Morgan fingerprint density at radius 3 is 2.87 bits per heavy atom. The van der Waals surface area contributed by atoms with Crippen LogP contribution in [0.5, 0.6) is 0 Å². The Labute approximate surface area is 91.9 Å². The van der Waals surface area contributed by atoms with Crippen molar-refractivity contribution in [1.82, 2.24) is 9.88 Å². The highest BCUT2D eigenvalue weighted by Gasteiger charge is 2.28. The van der Waals surface area contributed by atoms with Gasteiger partial charge in [-0.2, -0.15) is 0 Å². The number of hydrogen-bond donors (Lipinski definition) is 0. The van der Waals surface area contributed by atoms with Crippen molar-refractivity contribution in [3.05, 3.63) is 28.8 Å². The number of hydrogen-bond acceptors (Lipinski definition) is 2. The van der Waals surface area contributed by atoms with Gasteiger partial charge in [-0.25, -0.2) is 9.37 Å². The van der Waals surface area contributed by atoms with Gasteiger partial charge >= 0.3 is 0 Å². The molecule has 0 aromatic carbocycles. The van der Waals surface area contributed by atoms with Gasteiger partial charge in [0.15, 0.2) is 11.0 Å². The maximum atomic E-state index is 13.0. The van der Waals surface area contributed by atoms with Crippen molar-refractivity contribution >= 4 is 17.5 Å². The zero-order valence-corrected chi connectivity index (χ0v) is 8.96. The summed E-state index contributed by atoms with van der Waals surface area (Å²) in [6, 6.07) is 1.13. The first-order chi connectivity index (χ1) is 7.08. The molecule has 0 N–H and O–H groups in total. The molecule has 1 aromatic heterocycles. The molecule has 15 heavy (non-hydrogen) atoms. The summed E-state index contributed by atoms with van der Waals surface area (Å²) in [5.41, 5.74) is 0.254. The molecule has 1 aliphatic heterocycles. The molecule has 80 valence electrons. The quantitative estimate of drug-likeness (QED) is 0.689. The van der Waals surface area contributed by atoms with Gasteiger partial charge < -0.3 is 4.90 Å². The summed E-state index contributed by atoms with van der Waals surface area (Å²) in [5.74, 6) is -0.314. The van der Waals surface area contributed by atoms with E-state index in [2.05, 4.69) is 11.9 Å². The minimum atomic E-state index is -0.656. The van der Waals surface area contributed by atoms with E-state index in [0.29, 0.717) is 5.92 Å². The lowest BCUT2D eigenvalue weighted by Gasteiger charge is -2.37. The molecule has 2 rings (SSSR count). The van der Waals surface area contributed by atoms with Crippen molar-refractivity contribution in [3.63, 3.8) is 0 Å². The molecule has 1 aromatic rings. The van der Waals surface area contributed by atoms with Crippen LogP contribution >= 0.6 is 11.6 Å². The third-order valence-corrected chi connectivity index (χ3v) is 2.67. The average molecular weight is 229 g/mol. The minimum absolute atomic E-state index is 0.184. The fourth-order valence-electron chi connectivity index (χ4n) is 1.59. The van der Waals surface area contributed by atoms with Crippen LogP contribution in [0, 0.1) is 11.7 Å². The monoisotopic (exact) mass is 228 g/mol. The van der Waals surface area contributed by atoms with Gasteiger partial charge in [0, 0.05) is 19.3 Å². The van der Waals surface area contributed by atoms with Crippen LogP contribution in [0.3, 0.4) is 0 Å². The minimum Gasteiger partial charge on any atom is -0.338 e. The van der Waals surface area contributed by atoms with Crippen molar-refractivity contribution in [3.8, 4) is 0 Å². The number of aromatic nitrogens is 1. The number of likely N-dealkylation sites (tertiary alicyclic amines) is 1. The highest BCUT2D eigenvalue weighted by Crippen LogP contribution is 2.19. The number of nitrogens with zero attached hydrogens (tertiary/aromatic N) is 2. The van der Waals surface area contributed by atoms with Gasteiger partial charge in [-0.05, 0) is 12.0 Å². The summed E-state index contributed by atoms with van der Waals surface area (Å²) in [6.45, 7) is 3.51. The Hall–Kier alpha value is -1.16. The second kappa shape index (κ2) is 3.77. The van der Waals surface area contributed by atoms with Crippen LogP contribution in [-0.4, -0.2) is 28.9 Å². The average Bonchev–Trinajstić information content (AvgIpc) is 2.16. The molecule has 0 spiro atoms. The van der Waals surface area contributed by atoms with Gasteiger partial charge in [0.05, 0.1) is 5.56 Å². The maximum Gasteiger partial charge on any atom is 0.255 e. The molecular weight excluding hydrogens is 219 g/mol. The van der Waals surface area contributed by atoms with Gasteiger partial charge in [0.2, 0.25) is 0 Å². The SMILES string of the molecule is CC1CN(C(=O)c2cnc(Cl)c(F)c2)C1. The summed E-state index contributed by atoms with van der Waals surface area (Å²) < 4.78 is 13.0. The molecule has 5 heteroatoms. The van der Waals surface area contributed by atoms with Crippen LogP contribution in [0.2, 0.25) is 5.15 Å². The van der Waals surface area contributed by atoms with E-state index in [1.165, 1.54) is 6.20 Å². The number of amides is 1. The fourth-order valence-corrected chi connectivity index (χ4v) is 1.69. The summed E-state index contributed by atoms with van der Waals surface area (Å²) >= 11 is 5.42. The van der Waals surface area contributed by atoms with E-state index in [0.717, 1.165) is 19.2 Å². The number of halogens is 2. The van der Waals surface area contributed by atoms with Crippen molar-refractivity contribution < 1.29 is 9.18 Å². The van der Waals surface area contributed by atoms with E-state index in [9.17, 15) is 9.18 Å². The van der Waals surface area contributed by atoms with Gasteiger partial charge in [-0.1, -0.05) is 18.5 Å². The summed E-state index contributed by atoms with van der Waals surface area (Å²) in [7, 11) is 0. The van der Waals surface area contributed by atoms with Crippen LogP contribution in [0.15, 0.2) is 12.3 Å².